The third-order valence-corrected chi connectivity index (χ3v) is 6.09. The summed E-state index contributed by atoms with van der Waals surface area (Å²) >= 11 is 3.41. The molecule has 0 radical (unpaired) electrons. The van der Waals surface area contributed by atoms with E-state index in [9.17, 15) is 14.7 Å². The van der Waals surface area contributed by atoms with Crippen molar-refractivity contribution >= 4 is 49.9 Å². The highest BCUT2D eigenvalue weighted by Crippen LogP contribution is 2.28. The molecule has 4 rings (SSSR count). The molecule has 4 aromatic rings. The number of carbonyl (C=O) groups is 1. The second kappa shape index (κ2) is 8.35. The molecule has 32 heavy (non-hydrogen) atoms. The van der Waals surface area contributed by atoms with Crippen molar-refractivity contribution in [2.45, 2.75) is 39.7 Å². The van der Waals surface area contributed by atoms with Crippen LogP contribution in [0, 0.1) is 6.92 Å². The number of rotatable bonds is 5. The van der Waals surface area contributed by atoms with Crippen molar-refractivity contribution in [2.75, 3.05) is 0 Å². The Morgan fingerprint density at radius 3 is 2.56 bits per heavy atom. The van der Waals surface area contributed by atoms with E-state index >= 15 is 0 Å². The zero-order valence-corrected chi connectivity index (χ0v) is 19.8. The first kappa shape index (κ1) is 22.0. The molecule has 1 N–H and O–H groups in total. The molecule has 0 aliphatic heterocycles. The van der Waals surface area contributed by atoms with Gasteiger partial charge in [0.15, 0.2) is 0 Å². The predicted octanol–water partition coefficient (Wildman–Crippen LogP) is 5.07. The van der Waals surface area contributed by atoms with Crippen LogP contribution in [0.3, 0.4) is 0 Å². The van der Waals surface area contributed by atoms with Crippen LogP contribution in [-0.4, -0.2) is 31.5 Å². The van der Waals surface area contributed by atoms with Crippen LogP contribution in [0.15, 0.2) is 56.8 Å². The highest BCUT2D eigenvalue weighted by molar-refractivity contribution is 9.10. The molecule has 0 aliphatic rings. The van der Waals surface area contributed by atoms with Gasteiger partial charge < -0.3 is 9.67 Å². The van der Waals surface area contributed by atoms with Gasteiger partial charge in [0.25, 0.3) is 5.56 Å². The molecular formula is C24H23BrN4O3. The van der Waals surface area contributed by atoms with Gasteiger partial charge in [0.1, 0.15) is 11.9 Å². The van der Waals surface area contributed by atoms with Crippen LogP contribution < -0.4 is 5.56 Å². The highest BCUT2D eigenvalue weighted by Gasteiger charge is 2.21. The van der Waals surface area contributed by atoms with Gasteiger partial charge in [-0.15, -0.1) is 0 Å². The molecule has 7 nitrogen and oxygen atoms in total. The van der Waals surface area contributed by atoms with Crippen LogP contribution in [0.5, 0.6) is 0 Å². The lowest BCUT2D eigenvalue weighted by Crippen LogP contribution is -2.23. The van der Waals surface area contributed by atoms with E-state index in [0.29, 0.717) is 16.7 Å². The highest BCUT2D eigenvalue weighted by atomic mass is 79.9. The smallest absolute Gasteiger partial charge is 0.326 e. The van der Waals surface area contributed by atoms with E-state index in [2.05, 4.69) is 26.0 Å². The molecule has 1 atom stereocenters. The summed E-state index contributed by atoms with van der Waals surface area (Å²) in [4.78, 5) is 29.6. The van der Waals surface area contributed by atoms with Gasteiger partial charge in [0.05, 0.1) is 17.1 Å². The second-order valence-electron chi connectivity index (χ2n) is 8.05. The Labute approximate surface area is 193 Å². The number of carboxylic acid groups (broad SMARTS) is 1. The lowest BCUT2D eigenvalue weighted by atomic mass is 10.1. The number of para-hydroxylation sites is 1. The van der Waals surface area contributed by atoms with Crippen molar-refractivity contribution in [3.8, 4) is 0 Å². The number of halogens is 1. The van der Waals surface area contributed by atoms with Crippen molar-refractivity contribution in [1.29, 1.82) is 0 Å². The van der Waals surface area contributed by atoms with Crippen molar-refractivity contribution in [2.24, 2.45) is 5.10 Å². The van der Waals surface area contributed by atoms with Crippen LogP contribution in [0.25, 0.3) is 21.8 Å². The summed E-state index contributed by atoms with van der Waals surface area (Å²) in [5.41, 5.74) is 2.71. The molecule has 0 aliphatic carbocycles. The summed E-state index contributed by atoms with van der Waals surface area (Å²) in [6, 6.07) is 12.3. The summed E-state index contributed by atoms with van der Waals surface area (Å²) in [6.45, 7) is 7.44. The molecule has 2 aromatic heterocycles. The lowest BCUT2D eigenvalue weighted by Gasteiger charge is -2.13. The average Bonchev–Trinajstić information content (AvgIpc) is 3.03. The fourth-order valence-electron chi connectivity index (χ4n) is 3.96. The SMILES string of the molecule is Cc1c(C=Nn2c(C(C)C)nc3ccc(Br)cc3c2=O)c2ccccc2n1[C@H](C)C(=O)O. The molecule has 0 amide bonds. The number of fused-ring (bicyclic) bond motifs is 2. The van der Waals surface area contributed by atoms with E-state index in [1.165, 1.54) is 4.68 Å². The molecule has 164 valence electrons. The standard InChI is InChI=1S/C24H23BrN4O3/c1-13(2)22-27-20-10-9-16(25)11-18(20)23(30)29(22)26-12-19-14(3)28(15(4)24(31)32)21-8-6-5-7-17(19)21/h5-13,15H,1-4H3,(H,31,32)/t15-/m1/s1. The molecule has 0 fully saturated rings. The third kappa shape index (κ3) is 3.64. The van der Waals surface area contributed by atoms with Crippen molar-refractivity contribution in [1.82, 2.24) is 14.2 Å². The molecule has 0 unspecified atom stereocenters. The Morgan fingerprint density at radius 2 is 1.88 bits per heavy atom. The minimum absolute atomic E-state index is 0.0256. The number of hydrogen-bond acceptors (Lipinski definition) is 4. The van der Waals surface area contributed by atoms with Gasteiger partial charge in [-0.05, 0) is 38.1 Å². The monoisotopic (exact) mass is 494 g/mol. The molecular weight excluding hydrogens is 472 g/mol. The molecule has 0 bridgehead atoms. The van der Waals surface area contributed by atoms with Crippen LogP contribution in [0.4, 0.5) is 0 Å². The molecule has 2 aromatic carbocycles. The van der Waals surface area contributed by atoms with Gasteiger partial charge in [-0.25, -0.2) is 9.78 Å². The number of carboxylic acids is 1. The molecule has 0 saturated heterocycles. The van der Waals surface area contributed by atoms with E-state index in [1.54, 1.807) is 23.8 Å². The quantitative estimate of drug-likeness (QED) is 0.392. The van der Waals surface area contributed by atoms with Crippen LogP contribution in [0.1, 0.15) is 49.8 Å². The first-order chi connectivity index (χ1) is 15.2. The first-order valence-corrected chi connectivity index (χ1v) is 11.1. The van der Waals surface area contributed by atoms with Crippen LogP contribution >= 0.6 is 15.9 Å². The van der Waals surface area contributed by atoms with E-state index in [-0.39, 0.29) is 11.5 Å². The van der Waals surface area contributed by atoms with Crippen LogP contribution in [0.2, 0.25) is 0 Å². The Hall–Kier alpha value is -3.26. The Kier molecular flexibility index (Phi) is 5.73. The summed E-state index contributed by atoms with van der Waals surface area (Å²) in [5, 5.41) is 15.5. The number of aromatic nitrogens is 3. The molecule has 0 saturated carbocycles. The Balaban J connectivity index is 1.95. The Morgan fingerprint density at radius 1 is 1.16 bits per heavy atom. The average molecular weight is 495 g/mol. The van der Waals surface area contributed by atoms with Gasteiger partial charge in [-0.1, -0.05) is 48.0 Å². The summed E-state index contributed by atoms with van der Waals surface area (Å²) in [5.74, 6) is -0.385. The normalized spacial score (nSPS) is 12.9. The van der Waals surface area contributed by atoms with Gasteiger partial charge >= 0.3 is 5.97 Å². The van der Waals surface area contributed by atoms with Gasteiger partial charge in [-0.3, -0.25) is 4.79 Å². The molecule has 0 spiro atoms. The van der Waals surface area contributed by atoms with Crippen molar-refractivity contribution in [3.63, 3.8) is 0 Å². The summed E-state index contributed by atoms with van der Waals surface area (Å²) in [6.07, 6.45) is 1.63. The van der Waals surface area contributed by atoms with Crippen molar-refractivity contribution < 1.29 is 9.90 Å². The topological polar surface area (TPSA) is 89.5 Å². The lowest BCUT2D eigenvalue weighted by molar-refractivity contribution is -0.140. The van der Waals surface area contributed by atoms with Crippen LogP contribution in [-0.2, 0) is 4.79 Å². The van der Waals surface area contributed by atoms with Crippen molar-refractivity contribution in [3.05, 3.63) is 74.4 Å². The number of benzene rings is 2. The van der Waals surface area contributed by atoms with E-state index < -0.39 is 12.0 Å². The second-order valence-corrected chi connectivity index (χ2v) is 8.96. The number of nitrogens with zero attached hydrogens (tertiary/aromatic N) is 4. The van der Waals surface area contributed by atoms with E-state index in [4.69, 9.17) is 0 Å². The number of hydrogen-bond donors (Lipinski definition) is 1. The van der Waals surface area contributed by atoms with E-state index in [1.807, 2.05) is 57.2 Å². The zero-order chi connectivity index (χ0) is 23.2. The summed E-state index contributed by atoms with van der Waals surface area (Å²) < 4.78 is 3.91. The fourth-order valence-corrected chi connectivity index (χ4v) is 4.32. The maximum absolute atomic E-state index is 13.3. The predicted molar refractivity (Wildman–Crippen MR) is 130 cm³/mol. The third-order valence-electron chi connectivity index (χ3n) is 5.60. The van der Waals surface area contributed by atoms with E-state index in [0.717, 1.165) is 26.6 Å². The minimum atomic E-state index is -0.917. The summed E-state index contributed by atoms with van der Waals surface area (Å²) in [7, 11) is 0. The Bertz CT molecular complexity index is 1450. The molecule has 2 heterocycles. The van der Waals surface area contributed by atoms with Gasteiger partial charge in [0, 0.05) is 32.6 Å². The zero-order valence-electron chi connectivity index (χ0n) is 18.2. The molecule has 8 heteroatoms. The van der Waals surface area contributed by atoms with Gasteiger partial charge in [0.2, 0.25) is 0 Å². The maximum atomic E-state index is 13.3. The first-order valence-electron chi connectivity index (χ1n) is 10.3. The maximum Gasteiger partial charge on any atom is 0.326 e. The minimum Gasteiger partial charge on any atom is -0.480 e. The largest absolute Gasteiger partial charge is 0.480 e. The fraction of sp³-hybridized carbons (Fsp3) is 0.250. The van der Waals surface area contributed by atoms with Gasteiger partial charge in [-0.2, -0.15) is 9.78 Å². The number of aliphatic carboxylic acids is 1.